The van der Waals surface area contributed by atoms with Gasteiger partial charge in [-0.1, -0.05) is 13.8 Å². The molecule has 0 aromatic carbocycles. The summed E-state index contributed by atoms with van der Waals surface area (Å²) in [6, 6.07) is 0. The molecule has 3 heterocycles. The molecular weight excluding hydrogens is 320 g/mol. The molecule has 3 aliphatic heterocycles. The Morgan fingerprint density at radius 1 is 0.960 bits per heavy atom. The van der Waals surface area contributed by atoms with Crippen LogP contribution in [-0.2, 0) is 19.1 Å². The summed E-state index contributed by atoms with van der Waals surface area (Å²) in [5.41, 5.74) is 0. The molecule has 0 radical (unpaired) electrons. The fraction of sp³-hybridized carbons (Fsp3) is 0.895. The van der Waals surface area contributed by atoms with Gasteiger partial charge in [0.1, 0.15) is 0 Å². The third kappa shape index (κ3) is 4.00. The minimum Gasteiger partial charge on any atom is -0.347 e. The summed E-state index contributed by atoms with van der Waals surface area (Å²) in [6.45, 7) is 8.34. The summed E-state index contributed by atoms with van der Waals surface area (Å²) < 4.78 is 11.5. The molecule has 3 aliphatic rings. The van der Waals surface area contributed by atoms with E-state index in [1.807, 2.05) is 9.80 Å². The lowest BCUT2D eigenvalue weighted by Gasteiger charge is -2.40. The molecule has 2 amide bonds. The zero-order valence-electron chi connectivity index (χ0n) is 15.7. The highest BCUT2D eigenvalue weighted by Gasteiger charge is 2.42. The molecule has 25 heavy (non-hydrogen) atoms. The monoisotopic (exact) mass is 352 g/mol. The molecule has 3 rings (SSSR count). The summed E-state index contributed by atoms with van der Waals surface area (Å²) in [5.74, 6) is 0.290. The number of carbonyl (C=O) groups is 2. The fourth-order valence-electron chi connectivity index (χ4n) is 4.35. The van der Waals surface area contributed by atoms with Crippen LogP contribution in [0, 0.1) is 11.8 Å². The van der Waals surface area contributed by atoms with Crippen LogP contribution in [0.5, 0.6) is 0 Å². The number of carbonyl (C=O) groups excluding carboxylic acids is 2. The number of nitrogens with zero attached hydrogens (tertiary/aromatic N) is 2. The van der Waals surface area contributed by atoms with Gasteiger partial charge in [0.15, 0.2) is 5.79 Å². The first kappa shape index (κ1) is 18.6. The Balaban J connectivity index is 1.46. The van der Waals surface area contributed by atoms with Gasteiger partial charge in [-0.2, -0.15) is 0 Å². The summed E-state index contributed by atoms with van der Waals surface area (Å²) >= 11 is 0. The van der Waals surface area contributed by atoms with Gasteiger partial charge in [0.25, 0.3) is 0 Å². The van der Waals surface area contributed by atoms with Crippen LogP contribution in [0.2, 0.25) is 0 Å². The smallest absolute Gasteiger partial charge is 0.225 e. The molecule has 6 heteroatoms. The van der Waals surface area contributed by atoms with Crippen LogP contribution >= 0.6 is 0 Å². The first-order valence-corrected chi connectivity index (χ1v) is 9.94. The number of hydrogen-bond donors (Lipinski definition) is 0. The largest absolute Gasteiger partial charge is 0.347 e. The Morgan fingerprint density at radius 3 is 2.04 bits per heavy atom. The number of amides is 2. The van der Waals surface area contributed by atoms with Gasteiger partial charge in [-0.25, -0.2) is 0 Å². The van der Waals surface area contributed by atoms with Gasteiger partial charge < -0.3 is 19.3 Å². The quantitative estimate of drug-likeness (QED) is 0.777. The number of ether oxygens (including phenoxy) is 2. The second-order valence-electron chi connectivity index (χ2n) is 7.55. The number of rotatable bonds is 4. The Bertz CT molecular complexity index is 468. The van der Waals surface area contributed by atoms with Crippen molar-refractivity contribution in [2.45, 2.75) is 58.2 Å². The highest BCUT2D eigenvalue weighted by atomic mass is 16.7. The minimum atomic E-state index is -0.429. The maximum atomic E-state index is 12.8. The van der Waals surface area contributed by atoms with Crippen LogP contribution in [0.3, 0.4) is 0 Å². The second-order valence-corrected chi connectivity index (χ2v) is 7.55. The molecule has 1 spiro atoms. The van der Waals surface area contributed by atoms with E-state index in [9.17, 15) is 9.59 Å². The highest BCUT2D eigenvalue weighted by Crippen LogP contribution is 2.32. The van der Waals surface area contributed by atoms with Crippen LogP contribution in [0.15, 0.2) is 0 Å². The maximum absolute atomic E-state index is 12.8. The lowest BCUT2D eigenvalue weighted by atomic mass is 9.92. The first-order valence-electron chi connectivity index (χ1n) is 9.94. The van der Waals surface area contributed by atoms with E-state index < -0.39 is 5.79 Å². The van der Waals surface area contributed by atoms with Gasteiger partial charge in [-0.05, 0) is 25.7 Å². The van der Waals surface area contributed by atoms with Crippen LogP contribution in [0.4, 0.5) is 0 Å². The Labute approximate surface area is 150 Å². The molecule has 0 bridgehead atoms. The summed E-state index contributed by atoms with van der Waals surface area (Å²) in [5, 5.41) is 0. The molecule has 3 saturated heterocycles. The van der Waals surface area contributed by atoms with Crippen molar-refractivity contribution in [2.24, 2.45) is 11.8 Å². The van der Waals surface area contributed by atoms with Gasteiger partial charge in [0.05, 0.1) is 13.2 Å². The van der Waals surface area contributed by atoms with Crippen LogP contribution < -0.4 is 0 Å². The lowest BCUT2D eigenvalue weighted by Crippen LogP contribution is -2.51. The Kier molecular flexibility index (Phi) is 6.00. The fourth-order valence-corrected chi connectivity index (χ4v) is 4.35. The van der Waals surface area contributed by atoms with E-state index in [0.717, 1.165) is 51.6 Å². The van der Waals surface area contributed by atoms with Crippen molar-refractivity contribution >= 4 is 11.8 Å². The molecular formula is C19H32N2O4. The maximum Gasteiger partial charge on any atom is 0.225 e. The van der Waals surface area contributed by atoms with Crippen molar-refractivity contribution in [3.05, 3.63) is 0 Å². The summed E-state index contributed by atoms with van der Waals surface area (Å²) in [4.78, 5) is 29.2. The van der Waals surface area contributed by atoms with Crippen LogP contribution in [0.25, 0.3) is 0 Å². The lowest BCUT2D eigenvalue weighted by molar-refractivity contribution is -0.188. The van der Waals surface area contributed by atoms with Gasteiger partial charge in [-0.3, -0.25) is 9.59 Å². The van der Waals surface area contributed by atoms with E-state index in [1.165, 1.54) is 0 Å². The topological polar surface area (TPSA) is 59.1 Å². The third-order valence-electron chi connectivity index (χ3n) is 6.14. The standard InChI is InChI=1S/C19H32N2O4/c1-3-15(4-2)17(22)20-9-5-16(6-10-20)18(23)21-11-7-19(8-12-21)24-13-14-25-19/h15-16H,3-14H2,1-2H3. The van der Waals surface area contributed by atoms with E-state index in [1.54, 1.807) is 0 Å². The van der Waals surface area contributed by atoms with Gasteiger partial charge in [0, 0.05) is 50.9 Å². The van der Waals surface area contributed by atoms with Crippen molar-refractivity contribution in [1.29, 1.82) is 0 Å². The van der Waals surface area contributed by atoms with Crippen LogP contribution in [-0.4, -0.2) is 66.8 Å². The molecule has 0 aromatic heterocycles. The number of piperidine rings is 2. The molecule has 142 valence electrons. The van der Waals surface area contributed by atoms with E-state index in [-0.39, 0.29) is 23.7 Å². The van der Waals surface area contributed by atoms with Gasteiger partial charge in [-0.15, -0.1) is 0 Å². The van der Waals surface area contributed by atoms with E-state index in [4.69, 9.17) is 9.47 Å². The van der Waals surface area contributed by atoms with E-state index in [0.29, 0.717) is 26.3 Å². The molecule has 0 saturated carbocycles. The van der Waals surface area contributed by atoms with Crippen molar-refractivity contribution in [2.75, 3.05) is 39.4 Å². The molecule has 3 fully saturated rings. The summed E-state index contributed by atoms with van der Waals surface area (Å²) in [6.07, 6.45) is 4.91. The zero-order chi connectivity index (χ0) is 17.9. The molecule has 0 N–H and O–H groups in total. The van der Waals surface area contributed by atoms with E-state index in [2.05, 4.69) is 13.8 Å². The SMILES string of the molecule is CCC(CC)C(=O)N1CCC(C(=O)N2CCC3(CC2)OCCO3)CC1. The number of likely N-dealkylation sites (tertiary alicyclic amines) is 2. The van der Waals surface area contributed by atoms with Crippen LogP contribution in [0.1, 0.15) is 52.4 Å². The third-order valence-corrected chi connectivity index (χ3v) is 6.14. The Morgan fingerprint density at radius 2 is 1.52 bits per heavy atom. The first-order chi connectivity index (χ1) is 12.1. The predicted molar refractivity (Wildman–Crippen MR) is 93.8 cm³/mol. The highest BCUT2D eigenvalue weighted by molar-refractivity contribution is 5.81. The summed E-state index contributed by atoms with van der Waals surface area (Å²) in [7, 11) is 0. The average Bonchev–Trinajstić information content (AvgIpc) is 3.11. The predicted octanol–water partition coefficient (Wildman–Crippen LogP) is 2.03. The molecule has 0 atom stereocenters. The van der Waals surface area contributed by atoms with E-state index >= 15 is 0 Å². The van der Waals surface area contributed by atoms with Crippen molar-refractivity contribution < 1.29 is 19.1 Å². The van der Waals surface area contributed by atoms with Gasteiger partial charge >= 0.3 is 0 Å². The molecule has 6 nitrogen and oxygen atoms in total. The van der Waals surface area contributed by atoms with Crippen molar-refractivity contribution in [3.8, 4) is 0 Å². The molecule has 0 aliphatic carbocycles. The molecule has 0 unspecified atom stereocenters. The molecule has 0 aromatic rings. The van der Waals surface area contributed by atoms with Gasteiger partial charge in [0.2, 0.25) is 11.8 Å². The normalized spacial score (nSPS) is 24.3. The Hall–Kier alpha value is -1.14. The second kappa shape index (κ2) is 8.04. The van der Waals surface area contributed by atoms with Crippen molar-refractivity contribution in [1.82, 2.24) is 9.80 Å². The minimum absolute atomic E-state index is 0.0604. The van der Waals surface area contributed by atoms with Crippen molar-refractivity contribution in [3.63, 3.8) is 0 Å². The zero-order valence-corrected chi connectivity index (χ0v) is 15.7. The number of hydrogen-bond acceptors (Lipinski definition) is 4. The average molecular weight is 352 g/mol.